The fourth-order valence-electron chi connectivity index (χ4n) is 4.08. The fourth-order valence-corrected chi connectivity index (χ4v) is 7.76. The number of carbonyl (C=O) groups is 1. The van der Waals surface area contributed by atoms with E-state index >= 15 is 0 Å². The van der Waals surface area contributed by atoms with Crippen LogP contribution in [0.25, 0.3) is 0 Å². The largest absolute Gasteiger partial charge is 0.497 e. The highest BCUT2D eigenvalue weighted by Gasteiger charge is 2.37. The predicted octanol–water partition coefficient (Wildman–Crippen LogP) is 3.90. The van der Waals surface area contributed by atoms with E-state index in [2.05, 4.69) is 15.9 Å². The number of amides is 1. The molecule has 1 unspecified atom stereocenters. The van der Waals surface area contributed by atoms with Gasteiger partial charge in [0.1, 0.15) is 9.96 Å². The zero-order valence-corrected chi connectivity index (χ0v) is 19.4. The molecule has 1 aromatic heterocycles. The van der Waals surface area contributed by atoms with Gasteiger partial charge in [0.05, 0.1) is 16.8 Å². The van der Waals surface area contributed by atoms with Crippen LogP contribution in [0.2, 0.25) is 0 Å². The summed E-state index contributed by atoms with van der Waals surface area (Å²) in [4.78, 5) is 15.2. The lowest BCUT2D eigenvalue weighted by molar-refractivity contribution is -0.123. The third kappa shape index (κ3) is 4.10. The van der Waals surface area contributed by atoms with Crippen LogP contribution in [0.15, 0.2) is 38.3 Å². The Hall–Kier alpha value is -1.42. The molecule has 0 N–H and O–H groups in total. The Kier molecular flexibility index (Phi) is 6.02. The lowest BCUT2D eigenvalue weighted by atomic mass is 9.95. The van der Waals surface area contributed by atoms with Gasteiger partial charge in [-0.3, -0.25) is 4.79 Å². The summed E-state index contributed by atoms with van der Waals surface area (Å²) < 4.78 is 33.8. The predicted molar refractivity (Wildman–Crippen MR) is 117 cm³/mol. The van der Waals surface area contributed by atoms with Crippen LogP contribution in [0.3, 0.4) is 0 Å². The fraction of sp³-hybridized carbons (Fsp3) is 0.450. The van der Waals surface area contributed by atoms with Crippen LogP contribution in [-0.4, -0.2) is 45.4 Å². The molecule has 2 aliphatic rings. The number of benzene rings is 1. The lowest BCUT2D eigenvalue weighted by Crippen LogP contribution is -2.47. The maximum atomic E-state index is 13.4. The van der Waals surface area contributed by atoms with Crippen molar-refractivity contribution >= 4 is 48.9 Å². The molecular formula is C20H23BrN2O4S2. The first-order chi connectivity index (χ1) is 13.9. The van der Waals surface area contributed by atoms with Gasteiger partial charge in [0, 0.05) is 25.3 Å². The highest BCUT2D eigenvalue weighted by atomic mass is 79.9. The van der Waals surface area contributed by atoms with Gasteiger partial charge in [-0.2, -0.15) is 4.31 Å². The summed E-state index contributed by atoms with van der Waals surface area (Å²) in [5.41, 5.74) is 2.02. The number of piperidine rings is 1. The van der Waals surface area contributed by atoms with Gasteiger partial charge in [0.2, 0.25) is 5.91 Å². The third-order valence-electron chi connectivity index (χ3n) is 5.55. The van der Waals surface area contributed by atoms with Gasteiger partial charge >= 0.3 is 0 Å². The SMILES string of the molecule is COc1ccc2c(c1)CCCN2C(=O)C1CCCN(S(=O)(=O)c2ccc(Br)s2)C1. The smallest absolute Gasteiger partial charge is 0.252 e. The molecule has 1 fully saturated rings. The van der Waals surface area contributed by atoms with Crippen LogP contribution >= 0.6 is 27.3 Å². The number of sulfonamides is 1. The van der Waals surface area contributed by atoms with Crippen LogP contribution in [0.5, 0.6) is 5.75 Å². The Labute approximate surface area is 183 Å². The number of hydrogen-bond donors (Lipinski definition) is 0. The summed E-state index contributed by atoms with van der Waals surface area (Å²) in [6, 6.07) is 9.15. The first kappa shape index (κ1) is 20.8. The number of anilines is 1. The standard InChI is InChI=1S/C20H23BrN2O4S2/c1-27-16-6-7-17-14(12-16)4-3-11-23(17)20(24)15-5-2-10-22(13-15)29(25,26)19-9-8-18(21)28-19/h6-9,12,15H,2-5,10-11,13H2,1H3. The van der Waals surface area contributed by atoms with Crippen molar-refractivity contribution in [3.63, 3.8) is 0 Å². The van der Waals surface area contributed by atoms with Crippen molar-refractivity contribution in [2.45, 2.75) is 29.9 Å². The average Bonchev–Trinajstić information content (AvgIpc) is 3.19. The number of carbonyl (C=O) groups excluding carboxylic acids is 1. The average molecular weight is 499 g/mol. The molecule has 0 aliphatic carbocycles. The van der Waals surface area contributed by atoms with Crippen molar-refractivity contribution in [2.24, 2.45) is 5.92 Å². The van der Waals surface area contributed by atoms with Gasteiger partial charge in [-0.05, 0) is 77.5 Å². The van der Waals surface area contributed by atoms with Crippen molar-refractivity contribution in [1.29, 1.82) is 0 Å². The van der Waals surface area contributed by atoms with Gasteiger partial charge in [-0.25, -0.2) is 8.42 Å². The van der Waals surface area contributed by atoms with Crippen LogP contribution in [0.4, 0.5) is 5.69 Å². The van der Waals surface area contributed by atoms with E-state index in [0.29, 0.717) is 30.1 Å². The van der Waals surface area contributed by atoms with Crippen LogP contribution in [0, 0.1) is 5.92 Å². The van der Waals surface area contributed by atoms with Gasteiger partial charge in [-0.1, -0.05) is 0 Å². The molecular weight excluding hydrogens is 476 g/mol. The summed E-state index contributed by atoms with van der Waals surface area (Å²) >= 11 is 4.53. The molecule has 0 bridgehead atoms. The van der Waals surface area contributed by atoms with Gasteiger partial charge in [0.25, 0.3) is 10.0 Å². The second kappa shape index (κ2) is 8.37. The highest BCUT2D eigenvalue weighted by molar-refractivity contribution is 9.11. The van der Waals surface area contributed by atoms with Gasteiger partial charge in [-0.15, -0.1) is 11.3 Å². The Balaban J connectivity index is 1.54. The van der Waals surface area contributed by atoms with Crippen molar-refractivity contribution in [3.05, 3.63) is 39.7 Å². The third-order valence-corrected chi connectivity index (χ3v) is 9.50. The monoisotopic (exact) mass is 498 g/mol. The molecule has 9 heteroatoms. The number of ether oxygens (including phenoxy) is 1. The zero-order valence-electron chi connectivity index (χ0n) is 16.1. The molecule has 1 amide bonds. The van der Waals surface area contributed by atoms with E-state index in [9.17, 15) is 13.2 Å². The molecule has 2 aromatic rings. The summed E-state index contributed by atoms with van der Waals surface area (Å²) in [5, 5.41) is 0. The zero-order chi connectivity index (χ0) is 20.6. The number of halogens is 1. The molecule has 156 valence electrons. The Morgan fingerprint density at radius 3 is 2.76 bits per heavy atom. The van der Waals surface area contributed by atoms with E-state index in [1.54, 1.807) is 19.2 Å². The van der Waals surface area contributed by atoms with Crippen LogP contribution in [-0.2, 0) is 21.2 Å². The van der Waals surface area contributed by atoms with Crippen molar-refractivity contribution in [2.75, 3.05) is 31.6 Å². The van der Waals surface area contributed by atoms with E-state index in [1.165, 1.54) is 15.6 Å². The minimum atomic E-state index is -3.57. The molecule has 1 atom stereocenters. The summed E-state index contributed by atoms with van der Waals surface area (Å²) in [6.07, 6.45) is 3.20. The molecule has 29 heavy (non-hydrogen) atoms. The van der Waals surface area contributed by atoms with E-state index in [0.717, 1.165) is 33.6 Å². The van der Waals surface area contributed by atoms with Crippen LogP contribution < -0.4 is 9.64 Å². The number of methoxy groups -OCH3 is 1. The number of fused-ring (bicyclic) bond motifs is 1. The molecule has 0 radical (unpaired) electrons. The maximum absolute atomic E-state index is 13.4. The molecule has 2 aliphatic heterocycles. The Morgan fingerprint density at radius 1 is 1.21 bits per heavy atom. The molecule has 0 spiro atoms. The number of hydrogen-bond acceptors (Lipinski definition) is 5. The maximum Gasteiger partial charge on any atom is 0.252 e. The Bertz CT molecular complexity index is 1020. The Morgan fingerprint density at radius 2 is 2.03 bits per heavy atom. The second-order valence-electron chi connectivity index (χ2n) is 7.35. The molecule has 3 heterocycles. The van der Waals surface area contributed by atoms with E-state index < -0.39 is 10.0 Å². The topological polar surface area (TPSA) is 66.9 Å². The highest BCUT2D eigenvalue weighted by Crippen LogP contribution is 2.34. The number of thiophene rings is 1. The minimum Gasteiger partial charge on any atom is -0.497 e. The molecule has 6 nitrogen and oxygen atoms in total. The van der Waals surface area contributed by atoms with Crippen molar-refractivity contribution in [1.82, 2.24) is 4.31 Å². The molecule has 1 aromatic carbocycles. The summed E-state index contributed by atoms with van der Waals surface area (Å²) in [7, 11) is -1.94. The second-order valence-corrected chi connectivity index (χ2v) is 12.0. The van der Waals surface area contributed by atoms with E-state index in [-0.39, 0.29) is 18.4 Å². The lowest BCUT2D eigenvalue weighted by Gasteiger charge is -2.36. The number of nitrogens with zero attached hydrogens (tertiary/aromatic N) is 2. The normalized spacial score (nSPS) is 20.3. The molecule has 0 saturated carbocycles. The molecule has 1 saturated heterocycles. The quantitative estimate of drug-likeness (QED) is 0.640. The van der Waals surface area contributed by atoms with E-state index in [1.807, 2.05) is 23.1 Å². The summed E-state index contributed by atoms with van der Waals surface area (Å²) in [6.45, 7) is 1.35. The van der Waals surface area contributed by atoms with Crippen LogP contribution in [0.1, 0.15) is 24.8 Å². The number of aryl methyl sites for hydroxylation is 1. The minimum absolute atomic E-state index is 0.0170. The van der Waals surface area contributed by atoms with Crippen molar-refractivity contribution < 1.29 is 17.9 Å². The number of rotatable bonds is 4. The van der Waals surface area contributed by atoms with E-state index in [4.69, 9.17) is 4.74 Å². The van der Waals surface area contributed by atoms with Gasteiger partial charge in [0.15, 0.2) is 0 Å². The van der Waals surface area contributed by atoms with Gasteiger partial charge < -0.3 is 9.64 Å². The molecule has 4 rings (SSSR count). The van der Waals surface area contributed by atoms with Crippen molar-refractivity contribution in [3.8, 4) is 5.75 Å². The summed E-state index contributed by atoms with van der Waals surface area (Å²) in [5.74, 6) is 0.480. The first-order valence-corrected chi connectivity index (χ1v) is 12.7. The first-order valence-electron chi connectivity index (χ1n) is 9.64.